The summed E-state index contributed by atoms with van der Waals surface area (Å²) >= 11 is 0. The second-order valence-corrected chi connectivity index (χ2v) is 4.17. The minimum atomic E-state index is 0.540. The Kier molecular flexibility index (Phi) is 3.90. The SMILES string of the molecule is CN(Cc1ccoc1)Cc1ccc(CN)cn1. The largest absolute Gasteiger partial charge is 0.472 e. The molecule has 0 atom stereocenters. The van der Waals surface area contributed by atoms with Gasteiger partial charge in [-0.3, -0.25) is 9.88 Å². The zero-order valence-corrected chi connectivity index (χ0v) is 9.97. The summed E-state index contributed by atoms with van der Waals surface area (Å²) in [6.45, 7) is 2.21. The molecule has 2 heterocycles. The molecule has 0 unspecified atom stereocenters. The third-order valence-corrected chi connectivity index (χ3v) is 2.59. The van der Waals surface area contributed by atoms with Crippen LogP contribution in [0, 0.1) is 0 Å². The van der Waals surface area contributed by atoms with Crippen LogP contribution in [0.15, 0.2) is 41.3 Å². The van der Waals surface area contributed by atoms with Gasteiger partial charge < -0.3 is 10.2 Å². The third-order valence-electron chi connectivity index (χ3n) is 2.59. The van der Waals surface area contributed by atoms with E-state index in [1.165, 1.54) is 5.56 Å². The minimum Gasteiger partial charge on any atom is -0.472 e. The maximum Gasteiger partial charge on any atom is 0.0947 e. The number of aromatic nitrogens is 1. The Morgan fingerprint density at radius 2 is 2.12 bits per heavy atom. The molecule has 0 aliphatic heterocycles. The molecule has 2 N–H and O–H groups in total. The number of nitrogens with two attached hydrogens (primary N) is 1. The average molecular weight is 231 g/mol. The van der Waals surface area contributed by atoms with Gasteiger partial charge in [-0.25, -0.2) is 0 Å². The summed E-state index contributed by atoms with van der Waals surface area (Å²) in [4.78, 5) is 6.56. The van der Waals surface area contributed by atoms with Crippen molar-refractivity contribution in [2.24, 2.45) is 5.73 Å². The quantitative estimate of drug-likeness (QED) is 0.852. The zero-order chi connectivity index (χ0) is 12.1. The number of furan rings is 1. The lowest BCUT2D eigenvalue weighted by Crippen LogP contribution is -2.17. The van der Waals surface area contributed by atoms with Gasteiger partial charge in [0.2, 0.25) is 0 Å². The number of hydrogen-bond acceptors (Lipinski definition) is 4. The van der Waals surface area contributed by atoms with Crippen molar-refractivity contribution in [1.29, 1.82) is 0 Å². The smallest absolute Gasteiger partial charge is 0.0947 e. The monoisotopic (exact) mass is 231 g/mol. The van der Waals surface area contributed by atoms with Crippen LogP contribution in [0.5, 0.6) is 0 Å². The maximum absolute atomic E-state index is 5.53. The Hall–Kier alpha value is -1.65. The van der Waals surface area contributed by atoms with E-state index in [1.54, 1.807) is 12.5 Å². The summed E-state index contributed by atoms with van der Waals surface area (Å²) in [7, 11) is 2.06. The van der Waals surface area contributed by atoms with E-state index in [2.05, 4.69) is 16.9 Å². The molecular weight excluding hydrogens is 214 g/mol. The van der Waals surface area contributed by atoms with Crippen LogP contribution in [0.4, 0.5) is 0 Å². The van der Waals surface area contributed by atoms with Crippen LogP contribution in [0.25, 0.3) is 0 Å². The molecule has 0 aliphatic carbocycles. The minimum absolute atomic E-state index is 0.540. The molecule has 0 bridgehead atoms. The topological polar surface area (TPSA) is 55.3 Å². The summed E-state index contributed by atoms with van der Waals surface area (Å²) in [6.07, 6.45) is 5.29. The molecule has 0 aliphatic rings. The van der Waals surface area contributed by atoms with E-state index in [0.29, 0.717) is 6.54 Å². The third kappa shape index (κ3) is 3.41. The Bertz CT molecular complexity index is 436. The van der Waals surface area contributed by atoms with Crippen LogP contribution in [0.1, 0.15) is 16.8 Å². The van der Waals surface area contributed by atoms with Crippen molar-refractivity contribution in [1.82, 2.24) is 9.88 Å². The van der Waals surface area contributed by atoms with Crippen molar-refractivity contribution in [2.45, 2.75) is 19.6 Å². The Morgan fingerprint density at radius 3 is 2.71 bits per heavy atom. The lowest BCUT2D eigenvalue weighted by Gasteiger charge is -2.14. The highest BCUT2D eigenvalue weighted by molar-refractivity contribution is 5.14. The van der Waals surface area contributed by atoms with E-state index in [9.17, 15) is 0 Å². The van der Waals surface area contributed by atoms with Gasteiger partial charge in [-0.2, -0.15) is 0 Å². The molecule has 2 rings (SSSR count). The van der Waals surface area contributed by atoms with Crippen LogP contribution in [0.2, 0.25) is 0 Å². The maximum atomic E-state index is 5.53. The van der Waals surface area contributed by atoms with E-state index in [0.717, 1.165) is 24.3 Å². The Balaban J connectivity index is 1.91. The van der Waals surface area contributed by atoms with Gasteiger partial charge in [-0.05, 0) is 24.7 Å². The summed E-state index contributed by atoms with van der Waals surface area (Å²) < 4.78 is 5.04. The molecule has 4 nitrogen and oxygen atoms in total. The molecule has 0 amide bonds. The molecule has 2 aromatic rings. The fourth-order valence-electron chi connectivity index (χ4n) is 1.70. The van der Waals surface area contributed by atoms with E-state index >= 15 is 0 Å². The van der Waals surface area contributed by atoms with E-state index < -0.39 is 0 Å². The number of rotatable bonds is 5. The first-order valence-corrected chi connectivity index (χ1v) is 5.61. The van der Waals surface area contributed by atoms with Crippen LogP contribution < -0.4 is 5.73 Å². The number of nitrogens with zero attached hydrogens (tertiary/aromatic N) is 2. The molecule has 17 heavy (non-hydrogen) atoms. The highest BCUT2D eigenvalue weighted by Gasteiger charge is 2.03. The van der Waals surface area contributed by atoms with Gasteiger partial charge in [0.1, 0.15) is 0 Å². The normalized spacial score (nSPS) is 11.0. The first kappa shape index (κ1) is 11.8. The Morgan fingerprint density at radius 1 is 1.24 bits per heavy atom. The van der Waals surface area contributed by atoms with Crippen LogP contribution >= 0.6 is 0 Å². The number of hydrogen-bond donors (Lipinski definition) is 1. The van der Waals surface area contributed by atoms with Crippen molar-refractivity contribution in [2.75, 3.05) is 7.05 Å². The number of pyridine rings is 1. The molecule has 0 fully saturated rings. The molecule has 4 heteroatoms. The van der Waals surface area contributed by atoms with E-state index in [1.807, 2.05) is 24.4 Å². The van der Waals surface area contributed by atoms with Crippen LogP contribution in [-0.2, 0) is 19.6 Å². The van der Waals surface area contributed by atoms with Crippen molar-refractivity contribution in [3.8, 4) is 0 Å². The van der Waals surface area contributed by atoms with Gasteiger partial charge in [0.15, 0.2) is 0 Å². The highest BCUT2D eigenvalue weighted by atomic mass is 16.3. The predicted molar refractivity (Wildman–Crippen MR) is 66.0 cm³/mol. The highest BCUT2D eigenvalue weighted by Crippen LogP contribution is 2.07. The Labute approximate surface area is 101 Å². The van der Waals surface area contributed by atoms with Gasteiger partial charge >= 0.3 is 0 Å². The van der Waals surface area contributed by atoms with Crippen molar-refractivity contribution in [3.63, 3.8) is 0 Å². The molecule has 0 aromatic carbocycles. The fraction of sp³-hybridized carbons (Fsp3) is 0.308. The van der Waals surface area contributed by atoms with Crippen molar-refractivity contribution < 1.29 is 4.42 Å². The second kappa shape index (κ2) is 5.61. The molecule has 0 spiro atoms. The van der Waals surface area contributed by atoms with Gasteiger partial charge in [0.25, 0.3) is 0 Å². The predicted octanol–water partition coefficient (Wildman–Crippen LogP) is 1.77. The lowest BCUT2D eigenvalue weighted by molar-refractivity contribution is 0.314. The zero-order valence-electron chi connectivity index (χ0n) is 9.97. The first-order valence-electron chi connectivity index (χ1n) is 5.61. The summed E-state index contributed by atoms with van der Waals surface area (Å²) in [6, 6.07) is 6.02. The molecule has 0 saturated carbocycles. The molecule has 0 saturated heterocycles. The van der Waals surface area contributed by atoms with Crippen LogP contribution in [-0.4, -0.2) is 16.9 Å². The molecule has 2 aromatic heterocycles. The van der Waals surface area contributed by atoms with Crippen molar-refractivity contribution >= 4 is 0 Å². The summed E-state index contributed by atoms with van der Waals surface area (Å²) in [5.41, 5.74) is 8.81. The fourth-order valence-corrected chi connectivity index (χ4v) is 1.70. The van der Waals surface area contributed by atoms with Gasteiger partial charge in [-0.1, -0.05) is 6.07 Å². The molecule has 0 radical (unpaired) electrons. The molecule has 90 valence electrons. The van der Waals surface area contributed by atoms with Crippen molar-refractivity contribution in [3.05, 3.63) is 53.7 Å². The second-order valence-electron chi connectivity index (χ2n) is 4.17. The first-order chi connectivity index (χ1) is 8.28. The summed E-state index contributed by atoms with van der Waals surface area (Å²) in [5, 5.41) is 0. The average Bonchev–Trinajstić information content (AvgIpc) is 2.82. The van der Waals surface area contributed by atoms with E-state index in [-0.39, 0.29) is 0 Å². The van der Waals surface area contributed by atoms with Gasteiger partial charge in [0, 0.05) is 31.4 Å². The lowest BCUT2D eigenvalue weighted by atomic mass is 10.2. The van der Waals surface area contributed by atoms with E-state index in [4.69, 9.17) is 10.2 Å². The van der Waals surface area contributed by atoms with Gasteiger partial charge in [0.05, 0.1) is 18.2 Å². The molecular formula is C13H17N3O. The standard InChI is InChI=1S/C13H17N3O/c1-16(8-12-4-5-17-10-12)9-13-3-2-11(6-14)7-15-13/h2-5,7,10H,6,8-9,14H2,1H3. The van der Waals surface area contributed by atoms with Gasteiger partial charge in [-0.15, -0.1) is 0 Å². The van der Waals surface area contributed by atoms with Crippen LogP contribution in [0.3, 0.4) is 0 Å². The summed E-state index contributed by atoms with van der Waals surface area (Å²) in [5.74, 6) is 0.